The molecule has 0 saturated carbocycles. The second-order valence-electron chi connectivity index (χ2n) is 8.56. The van der Waals surface area contributed by atoms with Crippen LogP contribution in [0.1, 0.15) is 31.9 Å². The van der Waals surface area contributed by atoms with E-state index in [0.29, 0.717) is 17.0 Å². The Morgan fingerprint density at radius 3 is 2.79 bits per heavy atom. The number of rotatable bonds is 6. The Hall–Kier alpha value is -3.87. The molecule has 1 aliphatic rings. The van der Waals surface area contributed by atoms with Crippen molar-refractivity contribution in [2.24, 2.45) is 5.10 Å². The summed E-state index contributed by atoms with van der Waals surface area (Å²) in [4.78, 5) is 18.8. The van der Waals surface area contributed by atoms with Crippen LogP contribution >= 0.6 is 0 Å². The van der Waals surface area contributed by atoms with E-state index < -0.39 is 0 Å². The molecular weight excluding hydrogens is 416 g/mol. The van der Waals surface area contributed by atoms with E-state index >= 15 is 0 Å². The zero-order valence-corrected chi connectivity index (χ0v) is 19.5. The molecule has 7 nitrogen and oxygen atoms in total. The van der Waals surface area contributed by atoms with Crippen molar-refractivity contribution in [1.82, 2.24) is 10.4 Å². The Kier molecular flexibility index (Phi) is 6.05. The van der Waals surface area contributed by atoms with Crippen LogP contribution < -0.4 is 19.8 Å². The largest absolute Gasteiger partial charge is 0.496 e. The molecule has 1 amide bonds. The number of aromatic nitrogens is 1. The van der Waals surface area contributed by atoms with Crippen LogP contribution in [-0.4, -0.2) is 43.4 Å². The van der Waals surface area contributed by atoms with E-state index in [-0.39, 0.29) is 18.1 Å². The average molecular weight is 445 g/mol. The van der Waals surface area contributed by atoms with Gasteiger partial charge in [-0.05, 0) is 44.5 Å². The van der Waals surface area contributed by atoms with E-state index in [2.05, 4.69) is 54.3 Å². The van der Waals surface area contributed by atoms with Gasteiger partial charge in [0.1, 0.15) is 17.0 Å². The molecule has 4 rings (SSSR count). The van der Waals surface area contributed by atoms with Gasteiger partial charge in [-0.3, -0.25) is 9.78 Å². The number of para-hydroxylation sites is 1. The fourth-order valence-corrected chi connectivity index (χ4v) is 4.01. The summed E-state index contributed by atoms with van der Waals surface area (Å²) >= 11 is 0. The number of anilines is 1. The highest BCUT2D eigenvalue weighted by Gasteiger charge is 2.29. The van der Waals surface area contributed by atoms with Crippen LogP contribution in [0.25, 0.3) is 16.5 Å². The fraction of sp³-hybridized carbons (Fsp3) is 0.269. The normalized spacial score (nSPS) is 14.7. The number of ether oxygens (including phenoxy) is 2. The Bertz CT molecular complexity index is 1260. The number of benzene rings is 2. The first-order valence-electron chi connectivity index (χ1n) is 10.7. The molecule has 2 heterocycles. The van der Waals surface area contributed by atoms with Crippen molar-refractivity contribution in [3.8, 4) is 11.5 Å². The van der Waals surface area contributed by atoms with E-state index in [9.17, 15) is 4.79 Å². The van der Waals surface area contributed by atoms with Crippen molar-refractivity contribution in [3.05, 3.63) is 65.9 Å². The van der Waals surface area contributed by atoms with E-state index in [1.807, 2.05) is 36.4 Å². The lowest BCUT2D eigenvalue weighted by molar-refractivity contribution is -0.123. The summed E-state index contributed by atoms with van der Waals surface area (Å²) < 4.78 is 11.2. The van der Waals surface area contributed by atoms with Crippen LogP contribution in [0.15, 0.2) is 59.8 Å². The van der Waals surface area contributed by atoms with Crippen LogP contribution in [0.2, 0.25) is 0 Å². The molecule has 0 saturated heterocycles. The zero-order chi connectivity index (χ0) is 23.6. The number of hydrazone groups is 1. The first-order chi connectivity index (χ1) is 15.8. The van der Waals surface area contributed by atoms with Gasteiger partial charge in [-0.15, -0.1) is 0 Å². The van der Waals surface area contributed by atoms with Crippen molar-refractivity contribution in [2.45, 2.75) is 26.3 Å². The first kappa shape index (κ1) is 22.3. The number of hydrogen-bond acceptors (Lipinski definition) is 6. The lowest BCUT2D eigenvalue weighted by atomic mass is 9.88. The quantitative estimate of drug-likeness (QED) is 0.450. The molecule has 7 heteroatoms. The number of carbonyl (C=O) groups is 1. The molecular formula is C26H28N4O3. The number of nitrogens with zero attached hydrogens (tertiary/aromatic N) is 3. The van der Waals surface area contributed by atoms with Gasteiger partial charge >= 0.3 is 0 Å². The van der Waals surface area contributed by atoms with Crippen molar-refractivity contribution in [3.63, 3.8) is 0 Å². The number of fused-ring (bicyclic) bond motifs is 2. The minimum atomic E-state index is -0.367. The molecule has 33 heavy (non-hydrogen) atoms. The van der Waals surface area contributed by atoms with E-state index in [0.717, 1.165) is 22.2 Å². The molecule has 0 radical (unpaired) electrons. The van der Waals surface area contributed by atoms with Gasteiger partial charge in [-0.25, -0.2) is 5.43 Å². The number of amides is 1. The molecule has 170 valence electrons. The van der Waals surface area contributed by atoms with Crippen molar-refractivity contribution in [1.29, 1.82) is 0 Å². The van der Waals surface area contributed by atoms with Gasteiger partial charge in [0, 0.05) is 41.5 Å². The SMILES string of the molecule is COc1cc2c(cc1/C=N\NC(=O)COc1cccc3cccnc13)C(C)=CC(C)(C)N2C. The maximum absolute atomic E-state index is 12.3. The summed E-state index contributed by atoms with van der Waals surface area (Å²) in [7, 11) is 3.70. The van der Waals surface area contributed by atoms with Gasteiger partial charge in [0.25, 0.3) is 5.91 Å². The van der Waals surface area contributed by atoms with Crippen LogP contribution in [0.3, 0.4) is 0 Å². The monoisotopic (exact) mass is 444 g/mol. The molecule has 0 unspecified atom stereocenters. The Morgan fingerprint density at radius 2 is 2.00 bits per heavy atom. The van der Waals surface area contributed by atoms with Gasteiger partial charge in [0.2, 0.25) is 0 Å². The van der Waals surface area contributed by atoms with Crippen molar-refractivity contribution >= 4 is 34.3 Å². The van der Waals surface area contributed by atoms with Crippen molar-refractivity contribution < 1.29 is 14.3 Å². The van der Waals surface area contributed by atoms with Crippen molar-refractivity contribution in [2.75, 3.05) is 25.7 Å². The second-order valence-corrected chi connectivity index (χ2v) is 8.56. The lowest BCUT2D eigenvalue weighted by Crippen LogP contribution is -2.42. The minimum absolute atomic E-state index is 0.0920. The predicted octanol–water partition coefficient (Wildman–Crippen LogP) is 4.40. The number of carbonyl (C=O) groups excluding carboxylic acids is 1. The molecule has 1 N–H and O–H groups in total. The Labute approximate surface area is 193 Å². The molecule has 0 fully saturated rings. The van der Waals surface area contributed by atoms with Crippen LogP contribution in [0.5, 0.6) is 11.5 Å². The zero-order valence-electron chi connectivity index (χ0n) is 19.5. The smallest absolute Gasteiger partial charge is 0.277 e. The summed E-state index contributed by atoms with van der Waals surface area (Å²) in [6, 6.07) is 13.4. The predicted molar refractivity (Wildman–Crippen MR) is 132 cm³/mol. The number of likely N-dealkylation sites (N-methyl/N-ethyl adjacent to an activating group) is 1. The Morgan fingerprint density at radius 1 is 1.21 bits per heavy atom. The number of methoxy groups -OCH3 is 1. The molecule has 2 aromatic carbocycles. The summed E-state index contributed by atoms with van der Waals surface area (Å²) in [6.07, 6.45) is 5.52. The van der Waals surface area contributed by atoms with Crippen LogP contribution in [0.4, 0.5) is 5.69 Å². The topological polar surface area (TPSA) is 76.0 Å². The van der Waals surface area contributed by atoms with E-state index in [1.54, 1.807) is 25.6 Å². The lowest BCUT2D eigenvalue weighted by Gasteiger charge is -2.40. The van der Waals surface area contributed by atoms with Gasteiger partial charge in [0.15, 0.2) is 6.61 Å². The summed E-state index contributed by atoms with van der Waals surface area (Å²) in [6.45, 7) is 6.28. The highest BCUT2D eigenvalue weighted by molar-refractivity contribution is 5.91. The van der Waals surface area contributed by atoms with Gasteiger partial charge in [-0.2, -0.15) is 5.10 Å². The number of hydrogen-bond donors (Lipinski definition) is 1. The van der Waals surface area contributed by atoms with Crippen LogP contribution in [-0.2, 0) is 4.79 Å². The maximum atomic E-state index is 12.3. The molecule has 0 atom stereocenters. The highest BCUT2D eigenvalue weighted by Crippen LogP contribution is 2.40. The maximum Gasteiger partial charge on any atom is 0.277 e. The molecule has 3 aromatic rings. The standard InChI is InChI=1S/C26H28N4O3/c1-17-14-26(2,3)30(4)21-13-23(32-5)19(12-20(17)21)15-28-29-24(31)16-33-22-10-6-8-18-9-7-11-27-25(18)22/h6-15H,16H2,1-5H3,(H,29,31)/b28-15-. The van der Waals surface area contributed by atoms with Gasteiger partial charge in [-0.1, -0.05) is 24.3 Å². The van der Waals surface area contributed by atoms with Crippen LogP contribution in [0, 0.1) is 0 Å². The summed E-state index contributed by atoms with van der Waals surface area (Å²) in [5.74, 6) is 0.869. The fourth-order valence-electron chi connectivity index (χ4n) is 4.01. The first-order valence-corrected chi connectivity index (χ1v) is 10.7. The van der Waals surface area contributed by atoms with E-state index in [4.69, 9.17) is 9.47 Å². The number of allylic oxidation sites excluding steroid dienone is 1. The Balaban J connectivity index is 1.46. The van der Waals surface area contributed by atoms with E-state index in [1.165, 1.54) is 5.57 Å². The van der Waals surface area contributed by atoms with Gasteiger partial charge in [0.05, 0.1) is 18.9 Å². The number of pyridine rings is 1. The summed E-state index contributed by atoms with van der Waals surface area (Å²) in [5, 5.41) is 5.06. The van der Waals surface area contributed by atoms with Gasteiger partial charge < -0.3 is 14.4 Å². The molecule has 0 spiro atoms. The third-order valence-corrected chi connectivity index (χ3v) is 5.92. The third-order valence-electron chi connectivity index (χ3n) is 5.92. The highest BCUT2D eigenvalue weighted by atomic mass is 16.5. The molecule has 0 aliphatic carbocycles. The third kappa shape index (κ3) is 4.53. The average Bonchev–Trinajstić information content (AvgIpc) is 2.80. The molecule has 1 aliphatic heterocycles. The number of nitrogens with one attached hydrogen (secondary N) is 1. The summed E-state index contributed by atoms with van der Waals surface area (Å²) in [5.41, 5.74) is 7.30. The molecule has 0 bridgehead atoms. The second kappa shape index (κ2) is 8.94. The minimum Gasteiger partial charge on any atom is -0.496 e. The molecule has 1 aromatic heterocycles.